The quantitative estimate of drug-likeness (QED) is 0.833. The van der Waals surface area contributed by atoms with Crippen LogP contribution in [-0.4, -0.2) is 17.3 Å². The van der Waals surface area contributed by atoms with Gasteiger partial charge in [0, 0.05) is 5.02 Å². The summed E-state index contributed by atoms with van der Waals surface area (Å²) in [5.74, 6) is -0.276. The molecule has 1 atom stereocenters. The number of hydrogen-bond donors (Lipinski definition) is 2. The molecule has 84 valence electrons. The lowest BCUT2D eigenvalue weighted by molar-refractivity contribution is -0.147. The number of halogens is 4. The van der Waals surface area contributed by atoms with Gasteiger partial charge in [-0.15, -0.1) is 0 Å². The molecule has 0 saturated heterocycles. The van der Waals surface area contributed by atoms with Crippen LogP contribution in [0.3, 0.4) is 0 Å². The van der Waals surface area contributed by atoms with Crippen LogP contribution in [0.2, 0.25) is 5.02 Å². The summed E-state index contributed by atoms with van der Waals surface area (Å²) in [6.07, 6.45) is -4.93. The molecule has 0 bridgehead atoms. The second-order valence-electron chi connectivity index (χ2n) is 3.13. The number of phenolic OH excluding ortho intramolecular Hbond substituents is 1. The summed E-state index contributed by atoms with van der Waals surface area (Å²) in [5.41, 5.74) is 5.05. The minimum Gasteiger partial charge on any atom is -0.508 e. The molecular formula is C9H9ClF3NO. The van der Waals surface area contributed by atoms with E-state index in [1.807, 2.05) is 0 Å². The maximum absolute atomic E-state index is 12.1. The van der Waals surface area contributed by atoms with E-state index in [9.17, 15) is 18.3 Å². The van der Waals surface area contributed by atoms with Crippen molar-refractivity contribution in [1.82, 2.24) is 0 Å². The lowest BCUT2D eigenvalue weighted by Crippen LogP contribution is -2.39. The molecule has 0 radical (unpaired) electrons. The number of alkyl halides is 3. The SMILES string of the molecule is NC(Cc1ccc(Cl)cc1O)C(F)(F)F. The first kappa shape index (κ1) is 12.1. The molecule has 0 spiro atoms. The van der Waals surface area contributed by atoms with Crippen molar-refractivity contribution < 1.29 is 18.3 Å². The monoisotopic (exact) mass is 239 g/mol. The fourth-order valence-corrected chi connectivity index (χ4v) is 1.23. The molecule has 1 aromatic rings. The molecule has 0 aliphatic carbocycles. The van der Waals surface area contributed by atoms with Crippen LogP contribution in [0.5, 0.6) is 5.75 Å². The lowest BCUT2D eigenvalue weighted by Gasteiger charge is -2.16. The largest absolute Gasteiger partial charge is 0.508 e. The maximum atomic E-state index is 12.1. The average Bonchev–Trinajstić information content (AvgIpc) is 2.08. The van der Waals surface area contributed by atoms with Gasteiger partial charge in [0.2, 0.25) is 0 Å². The number of aromatic hydroxyl groups is 1. The molecule has 6 heteroatoms. The molecule has 0 amide bonds. The zero-order valence-electron chi connectivity index (χ0n) is 7.55. The molecule has 0 saturated carbocycles. The normalized spacial score (nSPS) is 13.9. The van der Waals surface area contributed by atoms with Gasteiger partial charge in [-0.3, -0.25) is 0 Å². The minimum atomic E-state index is -4.47. The number of phenols is 1. The Labute approximate surface area is 89.5 Å². The van der Waals surface area contributed by atoms with Crippen LogP contribution in [0.15, 0.2) is 18.2 Å². The average molecular weight is 240 g/mol. The van der Waals surface area contributed by atoms with Gasteiger partial charge in [-0.2, -0.15) is 13.2 Å². The second kappa shape index (κ2) is 4.28. The molecule has 15 heavy (non-hydrogen) atoms. The Hall–Kier alpha value is -0.940. The predicted molar refractivity (Wildman–Crippen MR) is 50.9 cm³/mol. The highest BCUT2D eigenvalue weighted by molar-refractivity contribution is 6.30. The molecule has 1 unspecified atom stereocenters. The lowest BCUT2D eigenvalue weighted by atomic mass is 10.1. The third-order valence-electron chi connectivity index (χ3n) is 1.91. The third kappa shape index (κ3) is 3.28. The van der Waals surface area contributed by atoms with E-state index in [0.717, 1.165) is 0 Å². The maximum Gasteiger partial charge on any atom is 0.403 e. The van der Waals surface area contributed by atoms with Gasteiger partial charge in [-0.05, 0) is 24.1 Å². The summed E-state index contributed by atoms with van der Waals surface area (Å²) < 4.78 is 36.3. The van der Waals surface area contributed by atoms with E-state index in [4.69, 9.17) is 17.3 Å². The van der Waals surface area contributed by atoms with E-state index >= 15 is 0 Å². The molecule has 3 N–H and O–H groups in total. The summed E-state index contributed by atoms with van der Waals surface area (Å²) in [5, 5.41) is 9.56. The second-order valence-corrected chi connectivity index (χ2v) is 3.56. The van der Waals surface area contributed by atoms with Crippen LogP contribution in [0.4, 0.5) is 13.2 Å². The van der Waals surface area contributed by atoms with Gasteiger partial charge in [0.15, 0.2) is 0 Å². The van der Waals surface area contributed by atoms with E-state index < -0.39 is 18.6 Å². The Balaban J connectivity index is 2.82. The Morgan fingerprint density at radius 1 is 1.40 bits per heavy atom. The van der Waals surface area contributed by atoms with E-state index in [0.29, 0.717) is 0 Å². The Bertz CT molecular complexity index is 354. The molecule has 0 aliphatic heterocycles. The van der Waals surface area contributed by atoms with Gasteiger partial charge in [0.25, 0.3) is 0 Å². The molecular weight excluding hydrogens is 231 g/mol. The van der Waals surface area contributed by atoms with Crippen molar-refractivity contribution in [3.05, 3.63) is 28.8 Å². The summed E-state index contributed by atoms with van der Waals surface area (Å²) in [6.45, 7) is 0. The smallest absolute Gasteiger partial charge is 0.403 e. The molecule has 1 aromatic carbocycles. The van der Waals surface area contributed by atoms with Crippen molar-refractivity contribution in [3.63, 3.8) is 0 Å². The fraction of sp³-hybridized carbons (Fsp3) is 0.333. The van der Waals surface area contributed by atoms with Crippen molar-refractivity contribution in [2.24, 2.45) is 5.73 Å². The third-order valence-corrected chi connectivity index (χ3v) is 2.14. The molecule has 1 rings (SSSR count). The van der Waals surface area contributed by atoms with Gasteiger partial charge in [-0.1, -0.05) is 17.7 Å². The van der Waals surface area contributed by atoms with Crippen LogP contribution in [0.1, 0.15) is 5.56 Å². The summed E-state index contributed by atoms with van der Waals surface area (Å²) >= 11 is 5.53. The Morgan fingerprint density at radius 2 is 2.00 bits per heavy atom. The van der Waals surface area contributed by atoms with Gasteiger partial charge >= 0.3 is 6.18 Å². The molecule has 2 nitrogen and oxygen atoms in total. The standard InChI is InChI=1S/C9H9ClF3NO/c10-6-2-1-5(7(15)4-6)3-8(14)9(11,12)13/h1-2,4,8,15H,3,14H2. The van der Waals surface area contributed by atoms with Gasteiger partial charge in [-0.25, -0.2) is 0 Å². The fourth-order valence-electron chi connectivity index (χ4n) is 1.06. The van der Waals surface area contributed by atoms with E-state index in [-0.39, 0.29) is 16.3 Å². The molecule has 0 fully saturated rings. The van der Waals surface area contributed by atoms with Crippen LogP contribution in [0.25, 0.3) is 0 Å². The van der Waals surface area contributed by atoms with E-state index in [2.05, 4.69) is 0 Å². The zero-order chi connectivity index (χ0) is 11.6. The van der Waals surface area contributed by atoms with Crippen molar-refractivity contribution in [3.8, 4) is 5.75 Å². The summed E-state index contributed by atoms with van der Waals surface area (Å²) in [6, 6.07) is 1.92. The molecule has 0 aromatic heterocycles. The molecule has 0 heterocycles. The highest BCUT2D eigenvalue weighted by atomic mass is 35.5. The number of benzene rings is 1. The summed E-state index contributed by atoms with van der Waals surface area (Å²) in [7, 11) is 0. The van der Waals surface area contributed by atoms with Crippen molar-refractivity contribution in [2.75, 3.05) is 0 Å². The van der Waals surface area contributed by atoms with Crippen molar-refractivity contribution in [1.29, 1.82) is 0 Å². The van der Waals surface area contributed by atoms with Gasteiger partial charge in [0.1, 0.15) is 11.8 Å². The number of nitrogens with two attached hydrogens (primary N) is 1. The summed E-state index contributed by atoms with van der Waals surface area (Å²) in [4.78, 5) is 0. The van der Waals surface area contributed by atoms with Gasteiger partial charge in [0.05, 0.1) is 0 Å². The highest BCUT2D eigenvalue weighted by Gasteiger charge is 2.36. The first-order valence-corrected chi connectivity index (χ1v) is 4.48. The topological polar surface area (TPSA) is 46.2 Å². The predicted octanol–water partition coefficient (Wildman–Crippen LogP) is 2.48. The van der Waals surface area contributed by atoms with Crippen molar-refractivity contribution >= 4 is 11.6 Å². The van der Waals surface area contributed by atoms with Crippen LogP contribution in [-0.2, 0) is 6.42 Å². The highest BCUT2D eigenvalue weighted by Crippen LogP contribution is 2.27. The number of rotatable bonds is 2. The zero-order valence-corrected chi connectivity index (χ0v) is 8.31. The van der Waals surface area contributed by atoms with Gasteiger partial charge < -0.3 is 10.8 Å². The first-order chi connectivity index (χ1) is 6.80. The van der Waals surface area contributed by atoms with Crippen molar-refractivity contribution in [2.45, 2.75) is 18.6 Å². The Morgan fingerprint density at radius 3 is 2.47 bits per heavy atom. The van der Waals surface area contributed by atoms with Crippen LogP contribution >= 0.6 is 11.6 Å². The minimum absolute atomic E-state index is 0.129. The number of hydrogen-bond acceptors (Lipinski definition) is 2. The van der Waals surface area contributed by atoms with Crippen LogP contribution in [0, 0.1) is 0 Å². The van der Waals surface area contributed by atoms with E-state index in [1.165, 1.54) is 18.2 Å². The molecule has 0 aliphatic rings. The first-order valence-electron chi connectivity index (χ1n) is 4.10. The van der Waals surface area contributed by atoms with Crippen LogP contribution < -0.4 is 5.73 Å². The Kier molecular flexibility index (Phi) is 3.46. The van der Waals surface area contributed by atoms with E-state index in [1.54, 1.807) is 0 Å².